The molecule has 5 heteroatoms. The highest BCUT2D eigenvalue weighted by molar-refractivity contribution is 9.10. The quantitative estimate of drug-likeness (QED) is 0.912. The van der Waals surface area contributed by atoms with Gasteiger partial charge in [-0.05, 0) is 49.6 Å². The second-order valence-corrected chi connectivity index (χ2v) is 6.08. The van der Waals surface area contributed by atoms with Gasteiger partial charge >= 0.3 is 0 Å². The number of aryl methyl sites for hydroxylation is 2. The van der Waals surface area contributed by atoms with Crippen molar-refractivity contribution in [3.63, 3.8) is 0 Å². The third-order valence-corrected chi connectivity index (χ3v) is 3.45. The van der Waals surface area contributed by atoms with Gasteiger partial charge in [0.1, 0.15) is 12.4 Å². The summed E-state index contributed by atoms with van der Waals surface area (Å²) in [6, 6.07) is 6.18. The Labute approximate surface area is 128 Å². The number of nitrogens with two attached hydrogens (primary N) is 1. The van der Waals surface area contributed by atoms with Crippen molar-refractivity contribution in [3.05, 3.63) is 45.7 Å². The van der Waals surface area contributed by atoms with Crippen molar-refractivity contribution in [1.29, 1.82) is 0 Å². The molecule has 0 saturated carbocycles. The minimum atomic E-state index is 0.0981. The number of ether oxygens (including phenoxy) is 1. The molecular weight excluding hydrogens is 318 g/mol. The standard InChI is InChI=1S/C15H20BrN3O/c1-10-6-13(16)8-12(7-11(2)17)15(10)20-9-14-4-5-19(3)18-14/h4-6,8,11H,7,9,17H2,1-3H3. The predicted octanol–water partition coefficient (Wildman–Crippen LogP) is 2.96. The normalized spacial score (nSPS) is 12.4. The molecule has 20 heavy (non-hydrogen) atoms. The van der Waals surface area contributed by atoms with Crippen LogP contribution in [0.5, 0.6) is 5.75 Å². The molecule has 0 amide bonds. The molecule has 0 radical (unpaired) electrons. The average Bonchev–Trinajstić information content (AvgIpc) is 2.73. The Kier molecular flexibility index (Phi) is 4.83. The van der Waals surface area contributed by atoms with E-state index in [0.29, 0.717) is 6.61 Å². The van der Waals surface area contributed by atoms with Crippen LogP contribution in [0.25, 0.3) is 0 Å². The summed E-state index contributed by atoms with van der Waals surface area (Å²) in [5.41, 5.74) is 9.07. The van der Waals surface area contributed by atoms with E-state index in [0.717, 1.165) is 33.5 Å². The summed E-state index contributed by atoms with van der Waals surface area (Å²) in [5, 5.41) is 4.32. The van der Waals surface area contributed by atoms with Crippen molar-refractivity contribution in [2.45, 2.75) is 32.9 Å². The molecule has 2 N–H and O–H groups in total. The summed E-state index contributed by atoms with van der Waals surface area (Å²) in [4.78, 5) is 0. The van der Waals surface area contributed by atoms with Crippen LogP contribution in [0.15, 0.2) is 28.9 Å². The van der Waals surface area contributed by atoms with Crippen LogP contribution in [0, 0.1) is 6.92 Å². The second kappa shape index (κ2) is 6.41. The number of nitrogens with zero attached hydrogens (tertiary/aromatic N) is 2. The second-order valence-electron chi connectivity index (χ2n) is 5.16. The van der Waals surface area contributed by atoms with Crippen LogP contribution < -0.4 is 10.5 Å². The fourth-order valence-electron chi connectivity index (χ4n) is 2.19. The van der Waals surface area contributed by atoms with Gasteiger partial charge in [-0.25, -0.2) is 0 Å². The molecule has 0 aliphatic rings. The summed E-state index contributed by atoms with van der Waals surface area (Å²) in [6.07, 6.45) is 2.70. The fraction of sp³-hybridized carbons (Fsp3) is 0.400. The number of hydrogen-bond donors (Lipinski definition) is 1. The van der Waals surface area contributed by atoms with E-state index in [1.165, 1.54) is 0 Å². The smallest absolute Gasteiger partial charge is 0.132 e. The lowest BCUT2D eigenvalue weighted by Gasteiger charge is -2.15. The van der Waals surface area contributed by atoms with Crippen LogP contribution in [0.2, 0.25) is 0 Å². The Morgan fingerprint density at radius 1 is 1.45 bits per heavy atom. The van der Waals surface area contributed by atoms with Crippen molar-refractivity contribution in [3.8, 4) is 5.75 Å². The molecule has 1 aromatic carbocycles. The lowest BCUT2D eigenvalue weighted by molar-refractivity contribution is 0.294. The zero-order valence-electron chi connectivity index (χ0n) is 12.1. The molecule has 0 bridgehead atoms. The molecule has 1 atom stereocenters. The molecule has 4 nitrogen and oxygen atoms in total. The highest BCUT2D eigenvalue weighted by Crippen LogP contribution is 2.29. The molecule has 2 aromatic rings. The number of benzene rings is 1. The minimum absolute atomic E-state index is 0.0981. The Morgan fingerprint density at radius 2 is 2.20 bits per heavy atom. The van der Waals surface area contributed by atoms with Crippen LogP contribution in [-0.2, 0) is 20.1 Å². The zero-order chi connectivity index (χ0) is 14.7. The van der Waals surface area contributed by atoms with E-state index in [1.54, 1.807) is 4.68 Å². The highest BCUT2D eigenvalue weighted by atomic mass is 79.9. The summed E-state index contributed by atoms with van der Waals surface area (Å²) in [6.45, 7) is 4.51. The molecule has 0 spiro atoms. The first kappa shape index (κ1) is 15.1. The average molecular weight is 338 g/mol. The molecule has 1 aromatic heterocycles. The third-order valence-electron chi connectivity index (χ3n) is 2.99. The molecule has 2 rings (SSSR count). The summed E-state index contributed by atoms with van der Waals surface area (Å²) < 4.78 is 8.80. The first-order chi connectivity index (χ1) is 9.45. The van der Waals surface area contributed by atoms with Gasteiger partial charge in [0.2, 0.25) is 0 Å². The third kappa shape index (κ3) is 3.84. The van der Waals surface area contributed by atoms with E-state index in [2.05, 4.69) is 33.2 Å². The first-order valence-corrected chi connectivity index (χ1v) is 7.41. The van der Waals surface area contributed by atoms with E-state index in [-0.39, 0.29) is 6.04 Å². The predicted molar refractivity (Wildman–Crippen MR) is 83.8 cm³/mol. The van der Waals surface area contributed by atoms with Gasteiger partial charge in [0.25, 0.3) is 0 Å². The van der Waals surface area contributed by atoms with Crippen molar-refractivity contribution < 1.29 is 4.74 Å². The Bertz CT molecular complexity index is 593. The van der Waals surface area contributed by atoms with Gasteiger partial charge in [-0.15, -0.1) is 0 Å². The van der Waals surface area contributed by atoms with Gasteiger partial charge in [-0.2, -0.15) is 5.10 Å². The summed E-state index contributed by atoms with van der Waals surface area (Å²) >= 11 is 3.52. The van der Waals surface area contributed by atoms with Gasteiger partial charge in [0.15, 0.2) is 0 Å². The van der Waals surface area contributed by atoms with Gasteiger partial charge in [-0.1, -0.05) is 15.9 Å². The van der Waals surface area contributed by atoms with Crippen LogP contribution in [0.1, 0.15) is 23.7 Å². The maximum absolute atomic E-state index is 5.97. The van der Waals surface area contributed by atoms with Crippen LogP contribution in [0.3, 0.4) is 0 Å². The summed E-state index contributed by atoms with van der Waals surface area (Å²) in [5.74, 6) is 0.913. The molecule has 1 unspecified atom stereocenters. The number of rotatable bonds is 5. The monoisotopic (exact) mass is 337 g/mol. The molecular formula is C15H20BrN3O. The maximum atomic E-state index is 5.97. The largest absolute Gasteiger partial charge is 0.487 e. The highest BCUT2D eigenvalue weighted by Gasteiger charge is 2.11. The fourth-order valence-corrected chi connectivity index (χ4v) is 2.81. The molecule has 0 saturated heterocycles. The Balaban J connectivity index is 2.20. The van der Waals surface area contributed by atoms with Crippen molar-refractivity contribution >= 4 is 15.9 Å². The van der Waals surface area contributed by atoms with E-state index in [9.17, 15) is 0 Å². The van der Waals surface area contributed by atoms with Crippen molar-refractivity contribution in [2.24, 2.45) is 12.8 Å². The SMILES string of the molecule is Cc1cc(Br)cc(CC(C)N)c1OCc1ccn(C)n1. The lowest BCUT2D eigenvalue weighted by Crippen LogP contribution is -2.18. The summed E-state index contributed by atoms with van der Waals surface area (Å²) in [7, 11) is 1.90. The van der Waals surface area contributed by atoms with Gasteiger partial charge in [0, 0.05) is 23.8 Å². The maximum Gasteiger partial charge on any atom is 0.132 e. The zero-order valence-corrected chi connectivity index (χ0v) is 13.6. The van der Waals surface area contributed by atoms with Crippen LogP contribution in [0.4, 0.5) is 0 Å². The van der Waals surface area contributed by atoms with Crippen LogP contribution >= 0.6 is 15.9 Å². The molecule has 0 fully saturated rings. The van der Waals surface area contributed by atoms with Crippen molar-refractivity contribution in [1.82, 2.24) is 9.78 Å². The van der Waals surface area contributed by atoms with Gasteiger partial charge in [-0.3, -0.25) is 4.68 Å². The lowest BCUT2D eigenvalue weighted by atomic mass is 10.0. The molecule has 108 valence electrons. The van der Waals surface area contributed by atoms with Crippen LogP contribution in [-0.4, -0.2) is 15.8 Å². The van der Waals surface area contributed by atoms with E-state index in [1.807, 2.05) is 33.2 Å². The number of hydrogen-bond acceptors (Lipinski definition) is 3. The van der Waals surface area contributed by atoms with Crippen molar-refractivity contribution in [2.75, 3.05) is 0 Å². The van der Waals surface area contributed by atoms with E-state index in [4.69, 9.17) is 10.5 Å². The van der Waals surface area contributed by atoms with E-state index >= 15 is 0 Å². The Morgan fingerprint density at radius 3 is 2.80 bits per heavy atom. The number of halogens is 1. The first-order valence-electron chi connectivity index (χ1n) is 6.61. The molecule has 0 aliphatic carbocycles. The minimum Gasteiger partial charge on any atom is -0.487 e. The van der Waals surface area contributed by atoms with E-state index < -0.39 is 0 Å². The number of aromatic nitrogens is 2. The Hall–Kier alpha value is -1.33. The van der Waals surface area contributed by atoms with Gasteiger partial charge < -0.3 is 10.5 Å². The molecule has 1 heterocycles. The van der Waals surface area contributed by atoms with Gasteiger partial charge in [0.05, 0.1) is 5.69 Å². The molecule has 0 aliphatic heterocycles. The topological polar surface area (TPSA) is 53.1 Å².